The Kier molecular flexibility index (Phi) is 7.42. The lowest BCUT2D eigenvalue weighted by molar-refractivity contribution is -0.0499. The van der Waals surface area contributed by atoms with Crippen LogP contribution < -0.4 is 4.18 Å². The number of fused-ring (bicyclic) bond motifs is 1. The molecule has 0 bridgehead atoms. The van der Waals surface area contributed by atoms with Gasteiger partial charge >= 0.3 is 15.6 Å². The summed E-state index contributed by atoms with van der Waals surface area (Å²) in [6.07, 6.45) is 0. The van der Waals surface area contributed by atoms with Crippen molar-refractivity contribution in [2.24, 2.45) is 0 Å². The maximum atomic E-state index is 14.9. The Bertz CT molecular complexity index is 1150. The first-order valence-electron chi connectivity index (χ1n) is 10.3. The topological polar surface area (TPSA) is 43.4 Å². The normalized spacial score (nSPS) is 13.1. The fraction of sp³-hybridized carbons (Fsp3) is 0.478. The molecule has 0 amide bonds. The quantitative estimate of drug-likeness (QED) is 0.148. The maximum Gasteiger partial charge on any atom is 0.534 e. The van der Waals surface area contributed by atoms with Crippen LogP contribution in [0.25, 0.3) is 10.8 Å². The largest absolute Gasteiger partial charge is 0.534 e. The molecule has 0 spiro atoms. The van der Waals surface area contributed by atoms with Gasteiger partial charge in [0.05, 0.1) is 5.56 Å². The van der Waals surface area contributed by atoms with Gasteiger partial charge in [-0.2, -0.15) is 21.6 Å². The number of halogens is 4. The summed E-state index contributed by atoms with van der Waals surface area (Å²) < 4.78 is 81.6. The van der Waals surface area contributed by atoms with Crippen LogP contribution in [-0.2, 0) is 10.1 Å². The molecule has 0 aromatic heterocycles. The molecule has 0 unspecified atom stereocenters. The Balaban J connectivity index is 2.88. The lowest BCUT2D eigenvalue weighted by atomic mass is 10.0. The zero-order valence-corrected chi connectivity index (χ0v) is 21.0. The van der Waals surface area contributed by atoms with Crippen molar-refractivity contribution in [2.75, 3.05) is 0 Å². The van der Waals surface area contributed by atoms with Crippen molar-refractivity contribution in [2.45, 2.75) is 70.6 Å². The SMILES string of the molecule is Cc1cc(OS(=O)(=O)C(F)(F)F)c2c(C#C[Si](C(C)C)(C(C)C)C(C)C)c(F)ccc2c1. The fourth-order valence-corrected chi connectivity index (χ4v) is 10.2. The third-order valence-corrected chi connectivity index (χ3v) is 13.2. The summed E-state index contributed by atoms with van der Waals surface area (Å²) in [6, 6.07) is 5.31. The number of hydrogen-bond donors (Lipinski definition) is 0. The average Bonchev–Trinajstić information content (AvgIpc) is 2.61. The van der Waals surface area contributed by atoms with Gasteiger partial charge in [0, 0.05) is 5.39 Å². The van der Waals surface area contributed by atoms with Crippen LogP contribution in [-0.4, -0.2) is 22.0 Å². The summed E-state index contributed by atoms with van der Waals surface area (Å²) >= 11 is 0. The van der Waals surface area contributed by atoms with Crippen LogP contribution in [0.1, 0.15) is 52.7 Å². The smallest absolute Gasteiger partial charge is 0.375 e. The molecule has 0 aliphatic rings. The molecule has 0 aliphatic heterocycles. The van der Waals surface area contributed by atoms with Crippen LogP contribution in [0, 0.1) is 24.2 Å². The third-order valence-electron chi connectivity index (χ3n) is 5.93. The highest BCUT2D eigenvalue weighted by Gasteiger charge is 2.49. The molecule has 2 aromatic carbocycles. The predicted octanol–water partition coefficient (Wildman–Crippen LogP) is 7.09. The van der Waals surface area contributed by atoms with Gasteiger partial charge in [0.15, 0.2) is 5.75 Å². The second kappa shape index (κ2) is 9.06. The molecule has 32 heavy (non-hydrogen) atoms. The molecule has 0 atom stereocenters. The molecule has 0 saturated carbocycles. The minimum atomic E-state index is -5.93. The molecule has 3 nitrogen and oxygen atoms in total. The monoisotopic (exact) mass is 488 g/mol. The number of rotatable bonds is 5. The first-order valence-corrected chi connectivity index (χ1v) is 13.9. The zero-order chi connectivity index (χ0) is 24.6. The minimum Gasteiger partial charge on any atom is -0.375 e. The van der Waals surface area contributed by atoms with Gasteiger partial charge in [-0.25, -0.2) is 4.39 Å². The first kappa shape index (κ1) is 26.2. The van der Waals surface area contributed by atoms with Crippen LogP contribution in [0.4, 0.5) is 17.6 Å². The highest BCUT2D eigenvalue weighted by atomic mass is 32.2. The molecule has 9 heteroatoms. The predicted molar refractivity (Wildman–Crippen MR) is 122 cm³/mol. The lowest BCUT2D eigenvalue weighted by Crippen LogP contribution is -2.43. The van der Waals surface area contributed by atoms with Gasteiger partial charge in [0.1, 0.15) is 13.9 Å². The van der Waals surface area contributed by atoms with E-state index in [-0.39, 0.29) is 27.6 Å². The molecule has 0 aliphatic carbocycles. The molecule has 0 fully saturated rings. The van der Waals surface area contributed by atoms with E-state index in [2.05, 4.69) is 57.2 Å². The number of alkyl halides is 3. The standard InChI is InChI=1S/C23H28F4O3SSi/c1-14(2)32(15(3)4,16(5)6)11-10-19-20(24)9-8-18-12-17(7)13-21(22(18)19)30-31(28,29)23(25,26)27/h8-9,12-16H,1-7H3. The highest BCUT2D eigenvalue weighted by molar-refractivity contribution is 7.88. The second-order valence-corrected chi connectivity index (χ2v) is 16.0. The maximum absolute atomic E-state index is 14.9. The van der Waals surface area contributed by atoms with Crippen molar-refractivity contribution in [3.8, 4) is 17.2 Å². The first-order chi connectivity index (χ1) is 14.5. The Morgan fingerprint density at radius 2 is 1.50 bits per heavy atom. The summed E-state index contributed by atoms with van der Waals surface area (Å²) in [5.74, 6) is 1.57. The summed E-state index contributed by atoms with van der Waals surface area (Å²) in [5, 5.41) is 0.254. The van der Waals surface area contributed by atoms with Gasteiger partial charge in [0.25, 0.3) is 0 Å². The van der Waals surface area contributed by atoms with E-state index in [0.29, 0.717) is 10.9 Å². The molecule has 2 aromatic rings. The van der Waals surface area contributed by atoms with Gasteiger partial charge in [-0.15, -0.1) is 5.54 Å². The van der Waals surface area contributed by atoms with Crippen LogP contribution in [0.3, 0.4) is 0 Å². The van der Waals surface area contributed by atoms with E-state index in [0.717, 1.165) is 6.07 Å². The van der Waals surface area contributed by atoms with Crippen LogP contribution in [0.15, 0.2) is 24.3 Å². The summed E-state index contributed by atoms with van der Waals surface area (Å²) in [6.45, 7) is 14.0. The number of aryl methyl sites for hydroxylation is 1. The average molecular weight is 489 g/mol. The Morgan fingerprint density at radius 3 is 1.97 bits per heavy atom. The van der Waals surface area contributed by atoms with E-state index in [9.17, 15) is 26.0 Å². The zero-order valence-electron chi connectivity index (χ0n) is 19.2. The van der Waals surface area contributed by atoms with Gasteiger partial charge in [0.2, 0.25) is 0 Å². The van der Waals surface area contributed by atoms with Crippen molar-refractivity contribution in [3.63, 3.8) is 0 Å². The number of hydrogen-bond acceptors (Lipinski definition) is 3. The van der Waals surface area contributed by atoms with Crippen LogP contribution >= 0.6 is 0 Å². The van der Waals surface area contributed by atoms with Gasteiger partial charge < -0.3 is 4.18 Å². The Hall–Kier alpha value is -2.05. The molecule has 176 valence electrons. The summed E-state index contributed by atoms with van der Waals surface area (Å²) in [5.41, 5.74) is -1.23. The van der Waals surface area contributed by atoms with E-state index < -0.39 is 35.3 Å². The number of benzene rings is 2. The molecule has 0 heterocycles. The van der Waals surface area contributed by atoms with E-state index in [1.165, 1.54) is 12.1 Å². The summed E-state index contributed by atoms with van der Waals surface area (Å²) in [7, 11) is -8.23. The van der Waals surface area contributed by atoms with Crippen molar-refractivity contribution < 1.29 is 30.2 Å². The fourth-order valence-electron chi connectivity index (χ4n) is 4.50. The second-order valence-electron chi connectivity index (χ2n) is 8.91. The Labute approximate surface area is 188 Å². The Morgan fingerprint density at radius 1 is 0.969 bits per heavy atom. The molecule has 0 saturated heterocycles. The van der Waals surface area contributed by atoms with Crippen molar-refractivity contribution in [3.05, 3.63) is 41.2 Å². The van der Waals surface area contributed by atoms with Crippen LogP contribution in [0.5, 0.6) is 5.75 Å². The van der Waals surface area contributed by atoms with Gasteiger partial charge in [-0.3, -0.25) is 0 Å². The van der Waals surface area contributed by atoms with Crippen molar-refractivity contribution in [1.29, 1.82) is 0 Å². The molecule has 0 N–H and O–H groups in total. The van der Waals surface area contributed by atoms with E-state index in [1.54, 1.807) is 13.0 Å². The molecular weight excluding hydrogens is 460 g/mol. The third kappa shape index (κ3) is 4.81. The van der Waals surface area contributed by atoms with Crippen molar-refractivity contribution >= 4 is 29.0 Å². The molecule has 0 radical (unpaired) electrons. The highest BCUT2D eigenvalue weighted by Crippen LogP contribution is 2.41. The summed E-state index contributed by atoms with van der Waals surface area (Å²) in [4.78, 5) is 0. The van der Waals surface area contributed by atoms with Crippen LogP contribution in [0.2, 0.25) is 16.6 Å². The van der Waals surface area contributed by atoms with Gasteiger partial charge in [-0.05, 0) is 46.6 Å². The minimum absolute atomic E-state index is 0.0879. The van der Waals surface area contributed by atoms with E-state index >= 15 is 0 Å². The molecular formula is C23H28F4O3SSi. The van der Waals surface area contributed by atoms with Crippen molar-refractivity contribution in [1.82, 2.24) is 0 Å². The van der Waals surface area contributed by atoms with E-state index in [4.69, 9.17) is 0 Å². The van der Waals surface area contributed by atoms with Gasteiger partial charge in [-0.1, -0.05) is 59.6 Å². The van der Waals surface area contributed by atoms with E-state index in [1.807, 2.05) is 0 Å². The lowest BCUT2D eigenvalue weighted by Gasteiger charge is -2.38. The molecule has 2 rings (SSSR count).